The average molecular weight is 316 g/mol. The zero-order valence-electron chi connectivity index (χ0n) is 12.6. The third kappa shape index (κ3) is 3.26. The number of rotatable bonds is 4. The number of hydrogen-bond acceptors (Lipinski definition) is 6. The molecule has 2 rings (SSSR count). The van der Waals surface area contributed by atoms with Crippen molar-refractivity contribution in [3.05, 3.63) is 46.5 Å². The van der Waals surface area contributed by atoms with E-state index in [9.17, 15) is 30.0 Å². The molecule has 0 fully saturated rings. The zero-order valence-corrected chi connectivity index (χ0v) is 12.6. The van der Waals surface area contributed by atoms with Crippen LogP contribution < -0.4 is 0 Å². The fourth-order valence-corrected chi connectivity index (χ4v) is 2.37. The van der Waals surface area contributed by atoms with Gasteiger partial charge in [0.15, 0.2) is 11.6 Å². The predicted octanol–water partition coefficient (Wildman–Crippen LogP) is 2.51. The normalized spacial score (nSPS) is 10.5. The van der Waals surface area contributed by atoms with Crippen molar-refractivity contribution >= 4 is 11.6 Å². The summed E-state index contributed by atoms with van der Waals surface area (Å²) in [7, 11) is 0. The van der Waals surface area contributed by atoms with Gasteiger partial charge in [-0.05, 0) is 38.1 Å². The van der Waals surface area contributed by atoms with Crippen molar-refractivity contribution in [2.75, 3.05) is 0 Å². The second kappa shape index (κ2) is 6.00. The van der Waals surface area contributed by atoms with Gasteiger partial charge in [-0.25, -0.2) is 0 Å². The number of benzene rings is 2. The number of carbonyl (C=O) groups is 2. The maximum atomic E-state index is 11.5. The lowest BCUT2D eigenvalue weighted by molar-refractivity contribution is 0.100. The molecule has 0 aromatic heterocycles. The molecule has 0 aliphatic rings. The summed E-state index contributed by atoms with van der Waals surface area (Å²) in [6, 6.07) is 4.78. The van der Waals surface area contributed by atoms with Crippen LogP contribution in [0.5, 0.6) is 23.0 Å². The lowest BCUT2D eigenvalue weighted by Crippen LogP contribution is -2.00. The van der Waals surface area contributed by atoms with Crippen molar-refractivity contribution in [1.82, 2.24) is 0 Å². The highest BCUT2D eigenvalue weighted by Gasteiger charge is 2.18. The summed E-state index contributed by atoms with van der Waals surface area (Å²) < 4.78 is 0. The van der Waals surface area contributed by atoms with Gasteiger partial charge < -0.3 is 20.4 Å². The molecule has 0 bridgehead atoms. The van der Waals surface area contributed by atoms with E-state index in [0.29, 0.717) is 0 Å². The Bertz CT molecular complexity index is 740. The smallest absolute Gasteiger partial charge is 0.163 e. The summed E-state index contributed by atoms with van der Waals surface area (Å²) in [6.07, 6.45) is -0.0823. The van der Waals surface area contributed by atoms with E-state index < -0.39 is 11.6 Å². The lowest BCUT2D eigenvalue weighted by Gasteiger charge is -2.12. The summed E-state index contributed by atoms with van der Waals surface area (Å²) in [5, 5.41) is 39.6. The molecule has 120 valence electrons. The van der Waals surface area contributed by atoms with Crippen molar-refractivity contribution < 1.29 is 30.0 Å². The highest BCUT2D eigenvalue weighted by atomic mass is 16.3. The van der Waals surface area contributed by atoms with Crippen LogP contribution in [-0.4, -0.2) is 32.0 Å². The molecule has 0 spiro atoms. The van der Waals surface area contributed by atoms with Crippen LogP contribution in [0.1, 0.15) is 45.7 Å². The predicted molar refractivity (Wildman–Crippen MR) is 82.4 cm³/mol. The third-order valence-corrected chi connectivity index (χ3v) is 3.49. The monoisotopic (exact) mass is 316 g/mol. The summed E-state index contributed by atoms with van der Waals surface area (Å²) >= 11 is 0. The molecule has 2 aromatic rings. The number of aromatic hydroxyl groups is 4. The van der Waals surface area contributed by atoms with Crippen LogP contribution >= 0.6 is 0 Å². The highest BCUT2D eigenvalue weighted by Crippen LogP contribution is 2.35. The Labute approximate surface area is 132 Å². The van der Waals surface area contributed by atoms with Crippen molar-refractivity contribution in [2.45, 2.75) is 20.3 Å². The SMILES string of the molecule is CC(=O)c1cc(O)cc(Cc2cc(O)cc(C(C)=O)c2O)c1O. The molecule has 0 aliphatic heterocycles. The molecule has 0 saturated heterocycles. The first-order valence-electron chi connectivity index (χ1n) is 6.82. The number of hydrogen-bond donors (Lipinski definition) is 4. The minimum absolute atomic E-state index is 0.0496. The molecule has 23 heavy (non-hydrogen) atoms. The van der Waals surface area contributed by atoms with Crippen molar-refractivity contribution in [2.24, 2.45) is 0 Å². The van der Waals surface area contributed by atoms with Crippen LogP contribution in [0, 0.1) is 0 Å². The second-order valence-corrected chi connectivity index (χ2v) is 5.29. The summed E-state index contributed by atoms with van der Waals surface area (Å²) in [6.45, 7) is 2.50. The molecule has 4 N–H and O–H groups in total. The van der Waals surface area contributed by atoms with Gasteiger partial charge in [0.2, 0.25) is 0 Å². The van der Waals surface area contributed by atoms with E-state index in [1.165, 1.54) is 26.0 Å². The maximum Gasteiger partial charge on any atom is 0.163 e. The molecule has 0 unspecified atom stereocenters. The quantitative estimate of drug-likeness (QED) is 0.509. The molecule has 6 nitrogen and oxygen atoms in total. The van der Waals surface area contributed by atoms with Gasteiger partial charge in [-0.1, -0.05) is 0 Å². The fourth-order valence-electron chi connectivity index (χ4n) is 2.37. The molecule has 0 saturated carbocycles. The maximum absolute atomic E-state index is 11.5. The van der Waals surface area contributed by atoms with Crippen molar-refractivity contribution in [1.29, 1.82) is 0 Å². The van der Waals surface area contributed by atoms with Gasteiger partial charge in [0, 0.05) is 17.5 Å². The van der Waals surface area contributed by atoms with E-state index in [-0.39, 0.29) is 51.7 Å². The van der Waals surface area contributed by atoms with Crippen LogP contribution in [0.2, 0.25) is 0 Å². The lowest BCUT2D eigenvalue weighted by atomic mass is 9.96. The van der Waals surface area contributed by atoms with E-state index in [1.54, 1.807) is 0 Å². The molecule has 2 aromatic carbocycles. The first kappa shape index (κ1) is 16.4. The Morgan fingerprint density at radius 3 is 1.39 bits per heavy atom. The minimum atomic E-state index is -0.427. The standard InChI is InChI=1S/C17H16O6/c1-8(18)14-6-12(20)4-10(16(14)22)3-11-5-13(21)7-15(9(2)19)17(11)23/h4-7,20-23H,3H2,1-2H3. The molecule has 0 radical (unpaired) electrons. The number of Topliss-reactive ketones (excluding diaryl/α,β-unsaturated/α-hetero) is 2. The van der Waals surface area contributed by atoms with Gasteiger partial charge in [-0.3, -0.25) is 9.59 Å². The van der Waals surface area contributed by atoms with Gasteiger partial charge in [0.05, 0.1) is 11.1 Å². The molecular weight excluding hydrogens is 300 g/mol. The number of phenols is 4. The number of carbonyl (C=O) groups excluding carboxylic acids is 2. The van der Waals surface area contributed by atoms with Crippen LogP contribution in [0.15, 0.2) is 24.3 Å². The van der Waals surface area contributed by atoms with E-state index in [4.69, 9.17) is 0 Å². The minimum Gasteiger partial charge on any atom is -0.508 e. The van der Waals surface area contributed by atoms with Gasteiger partial charge in [0.25, 0.3) is 0 Å². The molecule has 6 heteroatoms. The van der Waals surface area contributed by atoms with Crippen molar-refractivity contribution in [3.63, 3.8) is 0 Å². The first-order valence-corrected chi connectivity index (χ1v) is 6.82. The molecule has 0 aliphatic carbocycles. The Balaban J connectivity index is 2.56. The van der Waals surface area contributed by atoms with Crippen LogP contribution in [-0.2, 0) is 6.42 Å². The second-order valence-electron chi connectivity index (χ2n) is 5.29. The Morgan fingerprint density at radius 1 is 0.739 bits per heavy atom. The summed E-state index contributed by atoms with van der Waals surface area (Å²) in [5.74, 6) is -1.91. The summed E-state index contributed by atoms with van der Waals surface area (Å²) in [5.41, 5.74) is 0.272. The van der Waals surface area contributed by atoms with Gasteiger partial charge in [0.1, 0.15) is 23.0 Å². The largest absolute Gasteiger partial charge is 0.508 e. The Kier molecular flexibility index (Phi) is 4.27. The Hall–Kier alpha value is -3.02. The summed E-state index contributed by atoms with van der Waals surface area (Å²) in [4.78, 5) is 23.0. The number of ketones is 2. The van der Waals surface area contributed by atoms with E-state index in [0.717, 1.165) is 12.1 Å². The topological polar surface area (TPSA) is 115 Å². The highest BCUT2D eigenvalue weighted by molar-refractivity contribution is 5.98. The van der Waals surface area contributed by atoms with E-state index in [1.807, 2.05) is 0 Å². The molecular formula is C17H16O6. The van der Waals surface area contributed by atoms with Gasteiger partial charge in [-0.2, -0.15) is 0 Å². The number of phenolic OH excluding ortho intramolecular Hbond substituents is 4. The van der Waals surface area contributed by atoms with Crippen LogP contribution in [0.3, 0.4) is 0 Å². The molecule has 0 amide bonds. The molecule has 0 heterocycles. The average Bonchev–Trinajstić information content (AvgIpc) is 2.45. The zero-order chi connectivity index (χ0) is 17.3. The van der Waals surface area contributed by atoms with Gasteiger partial charge >= 0.3 is 0 Å². The fraction of sp³-hybridized carbons (Fsp3) is 0.176. The molecule has 0 atom stereocenters. The van der Waals surface area contributed by atoms with Gasteiger partial charge in [-0.15, -0.1) is 0 Å². The van der Waals surface area contributed by atoms with Crippen molar-refractivity contribution in [3.8, 4) is 23.0 Å². The van der Waals surface area contributed by atoms with E-state index >= 15 is 0 Å². The van der Waals surface area contributed by atoms with Crippen LogP contribution in [0.4, 0.5) is 0 Å². The van der Waals surface area contributed by atoms with E-state index in [2.05, 4.69) is 0 Å². The Morgan fingerprint density at radius 2 is 1.09 bits per heavy atom. The van der Waals surface area contributed by atoms with Crippen LogP contribution in [0.25, 0.3) is 0 Å². The third-order valence-electron chi connectivity index (χ3n) is 3.49. The first-order chi connectivity index (χ1) is 10.7.